The minimum absolute atomic E-state index is 0.0399. The molecule has 0 saturated carbocycles. The summed E-state index contributed by atoms with van der Waals surface area (Å²) in [5.74, 6) is 1.03. The van der Waals surface area contributed by atoms with Crippen molar-refractivity contribution in [2.75, 3.05) is 17.2 Å². The standard InChI is InChI=1S/C8H11N3O2S/c9-6-3-11(5-1-2-14-4-5)10-7(6)8(12)13/h3,5H,1-2,4,9H2,(H,12,13). The molecule has 0 radical (unpaired) electrons. The van der Waals surface area contributed by atoms with Crippen molar-refractivity contribution in [3.63, 3.8) is 0 Å². The first-order valence-corrected chi connectivity index (χ1v) is 5.49. The van der Waals surface area contributed by atoms with Crippen LogP contribution < -0.4 is 5.73 Å². The van der Waals surface area contributed by atoms with Gasteiger partial charge in [-0.1, -0.05) is 0 Å². The lowest BCUT2D eigenvalue weighted by atomic mass is 10.3. The van der Waals surface area contributed by atoms with Gasteiger partial charge in [-0.3, -0.25) is 4.68 Å². The van der Waals surface area contributed by atoms with Crippen molar-refractivity contribution < 1.29 is 9.90 Å². The molecule has 3 N–H and O–H groups in total. The van der Waals surface area contributed by atoms with Gasteiger partial charge in [-0.15, -0.1) is 0 Å². The van der Waals surface area contributed by atoms with E-state index in [1.54, 1.807) is 10.9 Å². The van der Waals surface area contributed by atoms with E-state index >= 15 is 0 Å². The van der Waals surface area contributed by atoms with Crippen LogP contribution in [0.15, 0.2) is 6.20 Å². The van der Waals surface area contributed by atoms with E-state index in [-0.39, 0.29) is 11.4 Å². The monoisotopic (exact) mass is 213 g/mol. The summed E-state index contributed by atoms with van der Waals surface area (Å²) in [4.78, 5) is 10.7. The van der Waals surface area contributed by atoms with Gasteiger partial charge in [-0.2, -0.15) is 16.9 Å². The van der Waals surface area contributed by atoms with Crippen molar-refractivity contribution in [3.05, 3.63) is 11.9 Å². The molecule has 5 nitrogen and oxygen atoms in total. The maximum atomic E-state index is 10.7. The molecule has 1 fully saturated rings. The van der Waals surface area contributed by atoms with E-state index in [9.17, 15) is 4.79 Å². The Balaban J connectivity index is 2.27. The highest BCUT2D eigenvalue weighted by Gasteiger charge is 2.21. The lowest BCUT2D eigenvalue weighted by Gasteiger charge is -2.07. The van der Waals surface area contributed by atoms with Crippen molar-refractivity contribution in [1.82, 2.24) is 9.78 Å². The zero-order valence-electron chi connectivity index (χ0n) is 7.51. The number of carbonyl (C=O) groups is 1. The number of hydrogen-bond donors (Lipinski definition) is 2. The second-order valence-corrected chi connectivity index (χ2v) is 4.39. The number of thioether (sulfide) groups is 1. The van der Waals surface area contributed by atoms with Crippen LogP contribution >= 0.6 is 11.8 Å². The molecule has 0 aromatic carbocycles. The van der Waals surface area contributed by atoms with Gasteiger partial charge >= 0.3 is 5.97 Å². The van der Waals surface area contributed by atoms with Gasteiger partial charge in [0.2, 0.25) is 0 Å². The first-order chi connectivity index (χ1) is 6.68. The van der Waals surface area contributed by atoms with Gasteiger partial charge < -0.3 is 10.8 Å². The predicted octanol–water partition coefficient (Wildman–Crippen LogP) is 0.842. The molecule has 1 aliphatic rings. The number of carboxylic acid groups (broad SMARTS) is 1. The largest absolute Gasteiger partial charge is 0.476 e. The van der Waals surface area contributed by atoms with Crippen molar-refractivity contribution in [3.8, 4) is 0 Å². The molecule has 0 amide bonds. The van der Waals surface area contributed by atoms with Crippen molar-refractivity contribution >= 4 is 23.4 Å². The molecule has 1 aromatic rings. The minimum atomic E-state index is -1.06. The summed E-state index contributed by atoms with van der Waals surface area (Å²) in [5.41, 5.74) is 5.74. The summed E-state index contributed by atoms with van der Waals surface area (Å²) in [7, 11) is 0. The molecule has 6 heteroatoms. The molecule has 14 heavy (non-hydrogen) atoms. The maximum Gasteiger partial charge on any atom is 0.358 e. The normalized spacial score (nSPS) is 21.3. The molecule has 76 valence electrons. The molecule has 0 aliphatic carbocycles. The maximum absolute atomic E-state index is 10.7. The Kier molecular flexibility index (Phi) is 2.37. The molecule has 1 atom stereocenters. The van der Waals surface area contributed by atoms with Crippen LogP contribution in [0.2, 0.25) is 0 Å². The summed E-state index contributed by atoms with van der Waals surface area (Å²) >= 11 is 1.85. The van der Waals surface area contributed by atoms with Crippen LogP contribution in [0.25, 0.3) is 0 Å². The van der Waals surface area contributed by atoms with Crippen molar-refractivity contribution in [1.29, 1.82) is 0 Å². The predicted molar refractivity (Wildman–Crippen MR) is 54.6 cm³/mol. The first-order valence-electron chi connectivity index (χ1n) is 4.34. The van der Waals surface area contributed by atoms with E-state index in [1.807, 2.05) is 11.8 Å². The van der Waals surface area contributed by atoms with Crippen LogP contribution in [0, 0.1) is 0 Å². The lowest BCUT2D eigenvalue weighted by molar-refractivity contribution is 0.0690. The summed E-state index contributed by atoms with van der Waals surface area (Å²) in [5, 5.41) is 12.7. The van der Waals surface area contributed by atoms with Gasteiger partial charge in [0.15, 0.2) is 5.69 Å². The van der Waals surface area contributed by atoms with Crippen LogP contribution in [-0.4, -0.2) is 32.4 Å². The SMILES string of the molecule is Nc1cn(C2CCSC2)nc1C(=O)O. The molecule has 1 aromatic heterocycles. The molecule has 0 spiro atoms. The summed E-state index contributed by atoms with van der Waals surface area (Å²) in [6, 6.07) is 0.301. The van der Waals surface area contributed by atoms with Crippen molar-refractivity contribution in [2.45, 2.75) is 12.5 Å². The van der Waals surface area contributed by atoms with Crippen LogP contribution in [0.3, 0.4) is 0 Å². The molecular formula is C8H11N3O2S. The number of aromatic nitrogens is 2. The Morgan fingerprint density at radius 3 is 3.07 bits per heavy atom. The van der Waals surface area contributed by atoms with Crippen LogP contribution in [0.1, 0.15) is 23.0 Å². The number of anilines is 1. The van der Waals surface area contributed by atoms with Crippen molar-refractivity contribution in [2.24, 2.45) is 0 Å². The molecule has 0 bridgehead atoms. The Bertz CT molecular complexity index is 357. The highest BCUT2D eigenvalue weighted by atomic mass is 32.2. The second kappa shape index (κ2) is 3.53. The van der Waals surface area contributed by atoms with Gasteiger partial charge in [0.25, 0.3) is 0 Å². The average Bonchev–Trinajstić information content (AvgIpc) is 2.70. The fourth-order valence-electron chi connectivity index (χ4n) is 1.49. The van der Waals surface area contributed by atoms with Crippen LogP contribution in [0.5, 0.6) is 0 Å². The molecule has 2 rings (SSSR count). The van der Waals surface area contributed by atoms with Gasteiger partial charge in [0, 0.05) is 11.9 Å². The Morgan fingerprint density at radius 2 is 2.57 bits per heavy atom. The van der Waals surface area contributed by atoms with E-state index in [4.69, 9.17) is 10.8 Å². The number of nitrogen functional groups attached to an aromatic ring is 1. The Labute approximate surface area is 85.3 Å². The van der Waals surface area contributed by atoms with E-state index in [0.717, 1.165) is 17.9 Å². The number of nitrogens with two attached hydrogens (primary N) is 1. The zero-order valence-corrected chi connectivity index (χ0v) is 8.33. The quantitative estimate of drug-likeness (QED) is 0.760. The highest BCUT2D eigenvalue weighted by molar-refractivity contribution is 7.99. The van der Waals surface area contributed by atoms with E-state index in [0.29, 0.717) is 6.04 Å². The van der Waals surface area contributed by atoms with E-state index in [2.05, 4.69) is 5.10 Å². The summed E-state index contributed by atoms with van der Waals surface area (Å²) in [6.07, 6.45) is 2.64. The third kappa shape index (κ3) is 1.57. The third-order valence-corrected chi connectivity index (χ3v) is 3.39. The van der Waals surface area contributed by atoms with Gasteiger partial charge in [-0.05, 0) is 12.2 Å². The highest BCUT2D eigenvalue weighted by Crippen LogP contribution is 2.28. The van der Waals surface area contributed by atoms with E-state index < -0.39 is 5.97 Å². The molecule has 1 unspecified atom stereocenters. The summed E-state index contributed by atoms with van der Waals surface area (Å²) < 4.78 is 1.68. The van der Waals surface area contributed by atoms with Gasteiger partial charge in [0.05, 0.1) is 11.7 Å². The smallest absolute Gasteiger partial charge is 0.358 e. The minimum Gasteiger partial charge on any atom is -0.476 e. The third-order valence-electron chi connectivity index (χ3n) is 2.24. The fourth-order valence-corrected chi connectivity index (χ4v) is 2.69. The van der Waals surface area contributed by atoms with E-state index in [1.165, 1.54) is 0 Å². The average molecular weight is 213 g/mol. The van der Waals surface area contributed by atoms with Gasteiger partial charge in [-0.25, -0.2) is 4.79 Å². The lowest BCUT2D eigenvalue weighted by Crippen LogP contribution is -2.09. The van der Waals surface area contributed by atoms with Gasteiger partial charge in [0.1, 0.15) is 0 Å². The second-order valence-electron chi connectivity index (χ2n) is 3.24. The number of aromatic carboxylic acids is 1. The Hall–Kier alpha value is -1.17. The number of carboxylic acids is 1. The number of hydrogen-bond acceptors (Lipinski definition) is 4. The molecule has 1 saturated heterocycles. The topological polar surface area (TPSA) is 81.1 Å². The summed E-state index contributed by atoms with van der Waals surface area (Å²) in [6.45, 7) is 0. The molecule has 1 aliphatic heterocycles. The van der Waals surface area contributed by atoms with Crippen LogP contribution in [-0.2, 0) is 0 Å². The fraction of sp³-hybridized carbons (Fsp3) is 0.500. The molecular weight excluding hydrogens is 202 g/mol. The zero-order chi connectivity index (χ0) is 10.1. The Morgan fingerprint density at radius 1 is 1.79 bits per heavy atom. The number of rotatable bonds is 2. The molecule has 2 heterocycles. The van der Waals surface area contributed by atoms with Crippen LogP contribution in [0.4, 0.5) is 5.69 Å². The first kappa shape index (κ1) is 9.39. The number of nitrogens with zero attached hydrogens (tertiary/aromatic N) is 2.